The zero-order valence-electron chi connectivity index (χ0n) is 48.5. The van der Waals surface area contributed by atoms with Gasteiger partial charge in [-0.25, -0.2) is 0 Å². The average molecular weight is 1080 g/mol. The molecule has 0 radical (unpaired) electrons. The molecule has 1 heterocycles. The number of ether oxygens (including phenoxy) is 3. The number of carbonyl (C=O) groups is 2. The number of amides is 1. The first-order valence-corrected chi connectivity index (χ1v) is 30.7. The third kappa shape index (κ3) is 41.1. The van der Waals surface area contributed by atoms with Gasteiger partial charge in [-0.05, 0) is 109 Å². The van der Waals surface area contributed by atoms with E-state index in [0.29, 0.717) is 12.8 Å². The van der Waals surface area contributed by atoms with Gasteiger partial charge in [0, 0.05) is 6.42 Å². The second-order valence-corrected chi connectivity index (χ2v) is 20.7. The van der Waals surface area contributed by atoms with Gasteiger partial charge in [0.25, 0.3) is 0 Å². The number of carbonyl (C=O) groups excluding carboxylic acids is 2. The molecule has 8 atom stereocenters. The average Bonchev–Trinajstić information content (AvgIpc) is 3.43. The van der Waals surface area contributed by atoms with Crippen LogP contribution in [0.15, 0.2) is 109 Å². The molecule has 0 aromatic rings. The van der Waals surface area contributed by atoms with Crippen LogP contribution in [0.3, 0.4) is 0 Å². The van der Waals surface area contributed by atoms with E-state index in [9.17, 15) is 35.1 Å². The monoisotopic (exact) mass is 1080 g/mol. The maximum absolute atomic E-state index is 13.4. The van der Waals surface area contributed by atoms with Crippen LogP contribution >= 0.6 is 0 Å². The van der Waals surface area contributed by atoms with E-state index in [2.05, 4.69) is 123 Å². The molecule has 1 aliphatic heterocycles. The molecule has 1 aliphatic rings. The van der Waals surface area contributed by atoms with Gasteiger partial charge in [0.1, 0.15) is 24.4 Å². The van der Waals surface area contributed by atoms with Crippen LogP contribution in [0.2, 0.25) is 0 Å². The summed E-state index contributed by atoms with van der Waals surface area (Å²) < 4.78 is 17.6. The standard InChI is InChI=1S/C66H111NO10/c1-4-7-10-13-16-19-22-24-26-28-30-32-34-36-39-42-45-48-51-54-61(71)77-64-63(73)62(72)60(55-68)76-66(64)75-56-57(58(69)52-49-46-43-40-37-21-18-15-12-9-6-3)67-65(74)59(70)53-50-47-44-41-38-35-33-31-29-27-25-23-20-17-14-11-8-5-2/h7,10,16-17,19-20,24-27,30-33,36,39,49,52,57-60,62-64,66,68-70,72-73H,4-6,8-9,11-15,18,21-23,28-29,34-35,37-38,40-48,50-51,53-56H2,1-3H3,(H,67,74)/b10-7-,19-16-,20-17-,26-24-,27-25-,32-30-,33-31-,39-36-,52-49+. The molecule has 11 heteroatoms. The van der Waals surface area contributed by atoms with Gasteiger partial charge < -0.3 is 45.1 Å². The highest BCUT2D eigenvalue weighted by Crippen LogP contribution is 2.26. The first kappa shape index (κ1) is 71.3. The third-order valence-electron chi connectivity index (χ3n) is 13.7. The Hall–Kier alpha value is -3.68. The summed E-state index contributed by atoms with van der Waals surface area (Å²) in [7, 11) is 0. The molecule has 1 saturated heterocycles. The topological polar surface area (TPSA) is 175 Å². The second kappa shape index (κ2) is 53.0. The van der Waals surface area contributed by atoms with Gasteiger partial charge in [-0.1, -0.05) is 226 Å². The Balaban J connectivity index is 2.72. The van der Waals surface area contributed by atoms with Gasteiger partial charge in [0.15, 0.2) is 12.4 Å². The molecular weight excluding hydrogens is 967 g/mol. The minimum atomic E-state index is -1.64. The Bertz CT molecular complexity index is 1660. The summed E-state index contributed by atoms with van der Waals surface area (Å²) in [5, 5.41) is 56.9. The fourth-order valence-electron chi connectivity index (χ4n) is 8.80. The highest BCUT2D eigenvalue weighted by atomic mass is 16.7. The molecule has 1 rings (SSSR count). The quantitative estimate of drug-likeness (QED) is 0.0195. The van der Waals surface area contributed by atoms with Crippen molar-refractivity contribution < 1.29 is 49.3 Å². The molecule has 0 bridgehead atoms. The first-order chi connectivity index (χ1) is 37.7. The summed E-state index contributed by atoms with van der Waals surface area (Å²) in [5.74, 6) is -1.25. The maximum Gasteiger partial charge on any atom is 0.306 e. The molecule has 1 fully saturated rings. The maximum atomic E-state index is 13.4. The zero-order valence-corrected chi connectivity index (χ0v) is 48.5. The second-order valence-electron chi connectivity index (χ2n) is 20.7. The Kier molecular flexibility index (Phi) is 49.1. The highest BCUT2D eigenvalue weighted by Gasteiger charge is 2.47. The molecule has 77 heavy (non-hydrogen) atoms. The molecule has 6 N–H and O–H groups in total. The van der Waals surface area contributed by atoms with Crippen molar-refractivity contribution in [3.8, 4) is 0 Å². The minimum Gasteiger partial charge on any atom is -0.454 e. The largest absolute Gasteiger partial charge is 0.454 e. The van der Waals surface area contributed by atoms with Crippen LogP contribution in [0.25, 0.3) is 0 Å². The lowest BCUT2D eigenvalue weighted by molar-refractivity contribution is -0.305. The molecule has 440 valence electrons. The van der Waals surface area contributed by atoms with E-state index in [1.807, 2.05) is 6.08 Å². The smallest absolute Gasteiger partial charge is 0.306 e. The number of aliphatic hydroxyl groups excluding tert-OH is 5. The summed E-state index contributed by atoms with van der Waals surface area (Å²) >= 11 is 0. The number of hydrogen-bond donors (Lipinski definition) is 6. The number of allylic oxidation sites excluding steroid dienone is 17. The molecule has 1 amide bonds. The van der Waals surface area contributed by atoms with E-state index < -0.39 is 67.4 Å². The van der Waals surface area contributed by atoms with Crippen molar-refractivity contribution in [3.63, 3.8) is 0 Å². The van der Waals surface area contributed by atoms with Crippen LogP contribution in [-0.2, 0) is 23.8 Å². The molecule has 0 spiro atoms. The van der Waals surface area contributed by atoms with Gasteiger partial charge in [-0.2, -0.15) is 0 Å². The summed E-state index contributed by atoms with van der Waals surface area (Å²) in [4.78, 5) is 26.5. The Morgan fingerprint density at radius 2 is 0.935 bits per heavy atom. The normalized spacial score (nSPS) is 19.8. The van der Waals surface area contributed by atoms with E-state index in [1.165, 1.54) is 64.2 Å². The molecule has 0 saturated carbocycles. The Morgan fingerprint density at radius 1 is 0.519 bits per heavy atom. The van der Waals surface area contributed by atoms with Crippen LogP contribution in [0.4, 0.5) is 0 Å². The van der Waals surface area contributed by atoms with Crippen LogP contribution in [0.1, 0.15) is 233 Å². The summed E-state index contributed by atoms with van der Waals surface area (Å²) in [6.07, 6.45) is 61.2. The predicted molar refractivity (Wildman–Crippen MR) is 319 cm³/mol. The molecule has 0 aliphatic carbocycles. The fourth-order valence-corrected chi connectivity index (χ4v) is 8.80. The van der Waals surface area contributed by atoms with Crippen molar-refractivity contribution in [2.24, 2.45) is 0 Å². The van der Waals surface area contributed by atoms with E-state index in [1.54, 1.807) is 6.08 Å². The zero-order chi connectivity index (χ0) is 56.1. The SMILES string of the molecule is CC/C=C\C/C=C\C/C=C\C/C=C\C/C=C\CCCCCC(=O)OC1C(OCC(NC(=O)C(O)CCCCCCC/C=C\C/C=C\C/C=C\CCCCC)C(O)/C=C/CCCCCCCCCCC)OC(CO)C(O)C1O. The van der Waals surface area contributed by atoms with Crippen molar-refractivity contribution in [2.75, 3.05) is 13.2 Å². The number of unbranched alkanes of at least 4 members (excludes halogenated alkanes) is 20. The van der Waals surface area contributed by atoms with E-state index in [0.717, 1.165) is 122 Å². The molecule has 11 nitrogen and oxygen atoms in total. The lowest BCUT2D eigenvalue weighted by Crippen LogP contribution is -2.61. The van der Waals surface area contributed by atoms with Gasteiger partial charge >= 0.3 is 5.97 Å². The lowest BCUT2D eigenvalue weighted by Gasteiger charge is -2.41. The van der Waals surface area contributed by atoms with Crippen molar-refractivity contribution in [2.45, 2.75) is 282 Å². The Labute approximate surface area is 468 Å². The van der Waals surface area contributed by atoms with Gasteiger partial charge in [0.05, 0.1) is 25.4 Å². The summed E-state index contributed by atoms with van der Waals surface area (Å²) in [6, 6.07) is -1.04. The van der Waals surface area contributed by atoms with Crippen molar-refractivity contribution >= 4 is 11.9 Å². The van der Waals surface area contributed by atoms with Gasteiger partial charge in [0.2, 0.25) is 5.91 Å². The predicted octanol–water partition coefficient (Wildman–Crippen LogP) is 14.5. The van der Waals surface area contributed by atoms with Gasteiger partial charge in [-0.15, -0.1) is 0 Å². The Morgan fingerprint density at radius 3 is 1.43 bits per heavy atom. The third-order valence-corrected chi connectivity index (χ3v) is 13.7. The van der Waals surface area contributed by atoms with Crippen molar-refractivity contribution in [1.29, 1.82) is 0 Å². The number of hydrogen-bond acceptors (Lipinski definition) is 10. The number of aliphatic hydroxyl groups is 5. The van der Waals surface area contributed by atoms with Crippen molar-refractivity contribution in [3.05, 3.63) is 109 Å². The molecule has 0 aromatic carbocycles. The number of esters is 1. The summed E-state index contributed by atoms with van der Waals surface area (Å²) in [5.41, 5.74) is 0. The number of nitrogens with one attached hydrogen (secondary N) is 1. The van der Waals surface area contributed by atoms with Crippen LogP contribution in [0, 0.1) is 0 Å². The number of rotatable bonds is 50. The van der Waals surface area contributed by atoms with Crippen LogP contribution in [-0.4, -0.2) is 99.6 Å². The summed E-state index contributed by atoms with van der Waals surface area (Å²) in [6.45, 7) is 5.60. The van der Waals surface area contributed by atoms with Crippen LogP contribution < -0.4 is 5.32 Å². The first-order valence-electron chi connectivity index (χ1n) is 30.7. The van der Waals surface area contributed by atoms with Gasteiger partial charge in [-0.3, -0.25) is 9.59 Å². The minimum absolute atomic E-state index is 0.0768. The fraction of sp³-hybridized carbons (Fsp3) is 0.697. The van der Waals surface area contributed by atoms with E-state index in [-0.39, 0.29) is 19.4 Å². The molecular formula is C66H111NO10. The molecule has 0 aromatic heterocycles. The lowest BCUT2D eigenvalue weighted by atomic mass is 9.99. The van der Waals surface area contributed by atoms with Crippen LogP contribution in [0.5, 0.6) is 0 Å². The molecule has 8 unspecified atom stereocenters. The van der Waals surface area contributed by atoms with E-state index >= 15 is 0 Å². The van der Waals surface area contributed by atoms with Crippen molar-refractivity contribution in [1.82, 2.24) is 5.32 Å². The highest BCUT2D eigenvalue weighted by molar-refractivity contribution is 5.80. The van der Waals surface area contributed by atoms with E-state index in [4.69, 9.17) is 14.2 Å².